The SMILES string of the molecule is CCNC(=O)NC(=O)[C@H](C)Sc1ncc(-c2ccccc2)n1Cc1ccco1. The van der Waals surface area contributed by atoms with E-state index in [0.717, 1.165) is 17.0 Å². The number of nitrogens with zero attached hydrogens (tertiary/aromatic N) is 2. The molecule has 0 bridgehead atoms. The Hall–Kier alpha value is -3.00. The molecule has 1 atom stereocenters. The highest BCUT2D eigenvalue weighted by Gasteiger charge is 2.21. The number of hydrogen-bond acceptors (Lipinski definition) is 5. The highest BCUT2D eigenvalue weighted by atomic mass is 32.2. The Balaban J connectivity index is 1.83. The molecule has 3 amide bonds. The van der Waals surface area contributed by atoms with E-state index in [9.17, 15) is 9.59 Å². The Morgan fingerprint density at radius 3 is 2.68 bits per heavy atom. The van der Waals surface area contributed by atoms with Crippen molar-refractivity contribution in [2.75, 3.05) is 6.54 Å². The summed E-state index contributed by atoms with van der Waals surface area (Å²) in [6.45, 7) is 4.48. The lowest BCUT2D eigenvalue weighted by Crippen LogP contribution is -2.42. The van der Waals surface area contributed by atoms with Gasteiger partial charge in [-0.1, -0.05) is 42.1 Å². The van der Waals surface area contributed by atoms with Crippen LogP contribution in [0, 0.1) is 0 Å². The van der Waals surface area contributed by atoms with Gasteiger partial charge in [-0.25, -0.2) is 9.78 Å². The van der Waals surface area contributed by atoms with Crippen LogP contribution >= 0.6 is 11.8 Å². The minimum Gasteiger partial charge on any atom is -0.467 e. The number of benzene rings is 1. The van der Waals surface area contributed by atoms with Gasteiger partial charge in [-0.3, -0.25) is 10.1 Å². The first-order chi connectivity index (χ1) is 13.6. The van der Waals surface area contributed by atoms with Crippen LogP contribution in [0.1, 0.15) is 19.6 Å². The fraction of sp³-hybridized carbons (Fsp3) is 0.250. The fourth-order valence-electron chi connectivity index (χ4n) is 2.63. The van der Waals surface area contributed by atoms with Crippen LogP contribution in [0.15, 0.2) is 64.5 Å². The number of amides is 3. The van der Waals surface area contributed by atoms with Crippen LogP contribution in [0.3, 0.4) is 0 Å². The molecular weight excluding hydrogens is 376 g/mol. The summed E-state index contributed by atoms with van der Waals surface area (Å²) in [6, 6.07) is 13.1. The minimum absolute atomic E-state index is 0.371. The van der Waals surface area contributed by atoms with Crippen molar-refractivity contribution in [2.24, 2.45) is 0 Å². The Kier molecular flexibility index (Phi) is 6.54. The van der Waals surface area contributed by atoms with Gasteiger partial charge in [-0.15, -0.1) is 0 Å². The van der Waals surface area contributed by atoms with Gasteiger partial charge in [0, 0.05) is 6.54 Å². The van der Waals surface area contributed by atoms with Crippen molar-refractivity contribution in [2.45, 2.75) is 30.8 Å². The molecule has 28 heavy (non-hydrogen) atoms. The lowest BCUT2D eigenvalue weighted by Gasteiger charge is -2.14. The number of rotatable bonds is 7. The van der Waals surface area contributed by atoms with Crippen molar-refractivity contribution >= 4 is 23.7 Å². The molecule has 2 heterocycles. The molecule has 3 rings (SSSR count). The first kappa shape index (κ1) is 19.8. The van der Waals surface area contributed by atoms with Gasteiger partial charge in [0.15, 0.2) is 5.16 Å². The molecule has 146 valence electrons. The summed E-state index contributed by atoms with van der Waals surface area (Å²) < 4.78 is 7.50. The molecule has 0 radical (unpaired) electrons. The number of hydrogen-bond donors (Lipinski definition) is 2. The summed E-state index contributed by atoms with van der Waals surface area (Å²) in [7, 11) is 0. The number of thioether (sulfide) groups is 1. The fourth-order valence-corrected chi connectivity index (χ4v) is 3.52. The molecule has 8 heteroatoms. The number of carbonyl (C=O) groups is 2. The third kappa shape index (κ3) is 4.83. The largest absolute Gasteiger partial charge is 0.467 e. The van der Waals surface area contributed by atoms with E-state index in [1.165, 1.54) is 11.8 Å². The van der Waals surface area contributed by atoms with Crippen molar-refractivity contribution in [1.29, 1.82) is 0 Å². The van der Waals surface area contributed by atoms with Crippen molar-refractivity contribution in [3.8, 4) is 11.3 Å². The monoisotopic (exact) mass is 398 g/mol. The average Bonchev–Trinajstić information content (AvgIpc) is 3.33. The third-order valence-corrected chi connectivity index (χ3v) is 5.11. The molecule has 0 aliphatic heterocycles. The number of imidazole rings is 1. The lowest BCUT2D eigenvalue weighted by molar-refractivity contribution is -0.119. The topological polar surface area (TPSA) is 89.2 Å². The van der Waals surface area contributed by atoms with E-state index >= 15 is 0 Å². The lowest BCUT2D eigenvalue weighted by atomic mass is 10.2. The number of imide groups is 1. The van der Waals surface area contributed by atoms with Crippen LogP contribution in [-0.2, 0) is 11.3 Å². The van der Waals surface area contributed by atoms with Crippen LogP contribution in [0.25, 0.3) is 11.3 Å². The van der Waals surface area contributed by atoms with Gasteiger partial charge < -0.3 is 14.3 Å². The molecule has 2 N–H and O–H groups in total. The van der Waals surface area contributed by atoms with Crippen LogP contribution in [0.2, 0.25) is 0 Å². The molecule has 0 unspecified atom stereocenters. The van der Waals surface area contributed by atoms with Crippen molar-refractivity contribution in [3.05, 3.63) is 60.7 Å². The number of aromatic nitrogens is 2. The van der Waals surface area contributed by atoms with E-state index in [1.54, 1.807) is 26.3 Å². The van der Waals surface area contributed by atoms with Gasteiger partial charge in [0.25, 0.3) is 0 Å². The molecule has 7 nitrogen and oxygen atoms in total. The second-order valence-electron chi connectivity index (χ2n) is 6.07. The van der Waals surface area contributed by atoms with Gasteiger partial charge in [0.05, 0.1) is 29.9 Å². The maximum Gasteiger partial charge on any atom is 0.321 e. The van der Waals surface area contributed by atoms with E-state index in [-0.39, 0.29) is 5.91 Å². The predicted molar refractivity (Wildman–Crippen MR) is 108 cm³/mol. The Morgan fingerprint density at radius 2 is 2.00 bits per heavy atom. The van der Waals surface area contributed by atoms with Gasteiger partial charge in [-0.2, -0.15) is 0 Å². The van der Waals surface area contributed by atoms with Crippen LogP contribution < -0.4 is 10.6 Å². The zero-order valence-corrected chi connectivity index (χ0v) is 16.5. The first-order valence-corrected chi connectivity index (χ1v) is 9.85. The molecule has 0 fully saturated rings. The molecule has 0 aliphatic carbocycles. The number of nitrogens with one attached hydrogen (secondary N) is 2. The predicted octanol–water partition coefficient (Wildman–Crippen LogP) is 3.52. The quantitative estimate of drug-likeness (QED) is 0.595. The summed E-state index contributed by atoms with van der Waals surface area (Å²) in [4.78, 5) is 28.4. The molecule has 3 aromatic rings. The molecule has 2 aromatic heterocycles. The summed E-state index contributed by atoms with van der Waals surface area (Å²) >= 11 is 1.29. The normalized spacial score (nSPS) is 11.8. The first-order valence-electron chi connectivity index (χ1n) is 8.97. The van der Waals surface area contributed by atoms with E-state index in [1.807, 2.05) is 47.0 Å². The molecular formula is C20H22N4O3S. The number of furan rings is 1. The van der Waals surface area contributed by atoms with Crippen molar-refractivity contribution in [1.82, 2.24) is 20.2 Å². The Bertz CT molecular complexity index is 922. The van der Waals surface area contributed by atoms with Crippen molar-refractivity contribution in [3.63, 3.8) is 0 Å². The number of urea groups is 1. The minimum atomic E-state index is -0.496. The highest BCUT2D eigenvalue weighted by Crippen LogP contribution is 2.29. The molecule has 0 saturated carbocycles. The standard InChI is InChI=1S/C20H22N4O3S/c1-3-21-19(26)23-18(25)14(2)28-20-22-12-17(15-8-5-4-6-9-15)24(20)13-16-10-7-11-27-16/h4-12,14H,3,13H2,1-2H3,(H2,21,23,25,26)/t14-/m0/s1. The maximum absolute atomic E-state index is 12.3. The van der Waals surface area contributed by atoms with Gasteiger partial charge >= 0.3 is 6.03 Å². The average molecular weight is 398 g/mol. The zero-order valence-electron chi connectivity index (χ0n) is 15.7. The van der Waals surface area contributed by atoms with Crippen LogP contribution in [0.4, 0.5) is 4.79 Å². The maximum atomic E-state index is 12.3. The summed E-state index contributed by atoms with van der Waals surface area (Å²) in [5, 5.41) is 5.07. The van der Waals surface area contributed by atoms with Crippen LogP contribution in [-0.4, -0.2) is 33.3 Å². The molecule has 0 saturated heterocycles. The van der Waals surface area contributed by atoms with E-state index in [2.05, 4.69) is 15.6 Å². The molecule has 0 spiro atoms. The third-order valence-electron chi connectivity index (χ3n) is 4.01. The number of carbonyl (C=O) groups excluding carboxylic acids is 2. The highest BCUT2D eigenvalue weighted by molar-refractivity contribution is 8.00. The molecule has 1 aromatic carbocycles. The summed E-state index contributed by atoms with van der Waals surface area (Å²) in [6.07, 6.45) is 3.42. The molecule has 0 aliphatic rings. The van der Waals surface area contributed by atoms with Gasteiger partial charge in [0.1, 0.15) is 5.76 Å². The Morgan fingerprint density at radius 1 is 1.21 bits per heavy atom. The van der Waals surface area contributed by atoms with E-state index < -0.39 is 11.3 Å². The van der Waals surface area contributed by atoms with Gasteiger partial charge in [0.2, 0.25) is 5.91 Å². The van der Waals surface area contributed by atoms with E-state index in [0.29, 0.717) is 18.2 Å². The van der Waals surface area contributed by atoms with Gasteiger partial charge in [-0.05, 0) is 31.5 Å². The second kappa shape index (κ2) is 9.27. The zero-order chi connectivity index (χ0) is 19.9. The summed E-state index contributed by atoms with van der Waals surface area (Å²) in [5.74, 6) is 0.418. The van der Waals surface area contributed by atoms with Crippen LogP contribution in [0.5, 0.6) is 0 Å². The van der Waals surface area contributed by atoms with Crippen molar-refractivity contribution < 1.29 is 14.0 Å². The summed E-state index contributed by atoms with van der Waals surface area (Å²) in [5.41, 5.74) is 1.95. The smallest absolute Gasteiger partial charge is 0.321 e. The second-order valence-corrected chi connectivity index (χ2v) is 7.37. The van der Waals surface area contributed by atoms with E-state index in [4.69, 9.17) is 4.42 Å². The Labute approximate surface area is 167 Å².